The maximum Gasteiger partial charge on any atom is 0.225 e. The lowest BCUT2D eigenvalue weighted by Gasteiger charge is -2.37. The molecule has 5 heteroatoms. The van der Waals surface area contributed by atoms with Crippen LogP contribution in [0.15, 0.2) is 12.1 Å². The van der Waals surface area contributed by atoms with E-state index in [4.69, 9.17) is 0 Å². The Balaban J connectivity index is 1.52. The van der Waals surface area contributed by atoms with Gasteiger partial charge in [-0.15, -0.1) is 0 Å². The third kappa shape index (κ3) is 4.33. The summed E-state index contributed by atoms with van der Waals surface area (Å²) in [5.74, 6) is 0.911. The van der Waals surface area contributed by atoms with Crippen LogP contribution >= 0.6 is 0 Å². The van der Waals surface area contributed by atoms with Gasteiger partial charge < -0.3 is 14.9 Å². The van der Waals surface area contributed by atoms with Gasteiger partial charge in [-0.3, -0.25) is 9.69 Å². The highest BCUT2D eigenvalue weighted by atomic mass is 16.3. The molecule has 1 N–H and O–H groups in total. The molecule has 0 saturated carbocycles. The van der Waals surface area contributed by atoms with Crippen LogP contribution in [0, 0.1) is 19.8 Å². The summed E-state index contributed by atoms with van der Waals surface area (Å²) in [6.07, 6.45) is 1.85. The number of carbonyl (C=O) groups is 1. The molecule has 25 heavy (non-hydrogen) atoms. The van der Waals surface area contributed by atoms with E-state index in [-0.39, 0.29) is 5.92 Å². The molecule has 1 aromatic carbocycles. The first-order valence-electron chi connectivity index (χ1n) is 9.43. The second kappa shape index (κ2) is 7.75. The normalized spacial score (nSPS) is 20.8. The molecule has 138 valence electrons. The standard InChI is InChI=1S/C20H31N3O2/c1-15-12-18(19(24)13-16(15)2)14-22-6-4-17(5-7-22)20(25)23-10-8-21(3)9-11-23/h12-13,17,24H,4-11,14H2,1-3H3. The average Bonchev–Trinajstić information content (AvgIpc) is 2.60. The van der Waals surface area contributed by atoms with Gasteiger partial charge in [-0.1, -0.05) is 6.07 Å². The van der Waals surface area contributed by atoms with E-state index in [1.807, 2.05) is 13.0 Å². The van der Waals surface area contributed by atoms with E-state index in [0.29, 0.717) is 11.7 Å². The van der Waals surface area contributed by atoms with Gasteiger partial charge >= 0.3 is 0 Å². The summed E-state index contributed by atoms with van der Waals surface area (Å²) in [7, 11) is 2.11. The van der Waals surface area contributed by atoms with Gasteiger partial charge in [-0.2, -0.15) is 0 Å². The van der Waals surface area contributed by atoms with Gasteiger partial charge in [0.1, 0.15) is 5.75 Å². The summed E-state index contributed by atoms with van der Waals surface area (Å²) >= 11 is 0. The van der Waals surface area contributed by atoms with Gasteiger partial charge in [-0.25, -0.2) is 0 Å². The van der Waals surface area contributed by atoms with E-state index in [1.54, 1.807) is 0 Å². The number of likely N-dealkylation sites (tertiary alicyclic amines) is 1. The molecule has 1 amide bonds. The Kier molecular flexibility index (Phi) is 5.64. The molecule has 0 aliphatic carbocycles. The van der Waals surface area contributed by atoms with Crippen molar-refractivity contribution in [3.8, 4) is 5.75 Å². The monoisotopic (exact) mass is 345 g/mol. The van der Waals surface area contributed by atoms with Crippen molar-refractivity contribution in [3.63, 3.8) is 0 Å². The number of amides is 1. The van der Waals surface area contributed by atoms with E-state index in [9.17, 15) is 9.90 Å². The molecular formula is C20H31N3O2. The van der Waals surface area contributed by atoms with Gasteiger partial charge in [0.25, 0.3) is 0 Å². The Morgan fingerprint density at radius 1 is 1.04 bits per heavy atom. The number of aryl methyl sites for hydroxylation is 2. The van der Waals surface area contributed by atoms with Gasteiger partial charge in [0.05, 0.1) is 0 Å². The number of rotatable bonds is 3. The number of carbonyl (C=O) groups excluding carboxylic acids is 1. The van der Waals surface area contributed by atoms with Crippen LogP contribution < -0.4 is 0 Å². The summed E-state index contributed by atoms with van der Waals surface area (Å²) in [5, 5.41) is 10.2. The van der Waals surface area contributed by atoms with Crippen LogP contribution in [-0.4, -0.2) is 72.0 Å². The minimum Gasteiger partial charge on any atom is -0.508 e. The van der Waals surface area contributed by atoms with E-state index in [1.165, 1.54) is 5.56 Å². The Hall–Kier alpha value is -1.59. The van der Waals surface area contributed by atoms with Crippen LogP contribution in [0.4, 0.5) is 0 Å². The molecular weight excluding hydrogens is 314 g/mol. The van der Waals surface area contributed by atoms with Crippen molar-refractivity contribution in [1.82, 2.24) is 14.7 Å². The van der Waals surface area contributed by atoms with Crippen molar-refractivity contribution in [2.75, 3.05) is 46.3 Å². The van der Waals surface area contributed by atoms with Crippen molar-refractivity contribution in [3.05, 3.63) is 28.8 Å². The molecule has 2 aliphatic rings. The number of benzene rings is 1. The molecule has 2 heterocycles. The van der Waals surface area contributed by atoms with Crippen LogP contribution in [-0.2, 0) is 11.3 Å². The van der Waals surface area contributed by atoms with Crippen LogP contribution in [0.1, 0.15) is 29.5 Å². The van der Waals surface area contributed by atoms with Gasteiger partial charge in [0.2, 0.25) is 5.91 Å². The third-order valence-corrected chi connectivity index (χ3v) is 5.84. The number of nitrogens with zero attached hydrogens (tertiary/aromatic N) is 3. The minimum atomic E-state index is 0.174. The summed E-state index contributed by atoms with van der Waals surface area (Å²) in [4.78, 5) is 19.4. The van der Waals surface area contributed by atoms with E-state index in [2.05, 4.69) is 34.7 Å². The fourth-order valence-electron chi connectivity index (χ4n) is 3.85. The van der Waals surface area contributed by atoms with Crippen LogP contribution in [0.2, 0.25) is 0 Å². The van der Waals surface area contributed by atoms with Crippen LogP contribution in [0.25, 0.3) is 0 Å². The zero-order valence-corrected chi connectivity index (χ0v) is 15.8. The van der Waals surface area contributed by atoms with Gasteiger partial charge in [0.15, 0.2) is 0 Å². The fraction of sp³-hybridized carbons (Fsp3) is 0.650. The highest BCUT2D eigenvalue weighted by Gasteiger charge is 2.30. The van der Waals surface area contributed by atoms with Crippen molar-refractivity contribution >= 4 is 5.91 Å². The Morgan fingerprint density at radius 3 is 2.28 bits per heavy atom. The molecule has 0 atom stereocenters. The molecule has 1 aromatic rings. The van der Waals surface area contributed by atoms with Gasteiger partial charge in [0, 0.05) is 44.2 Å². The molecule has 2 aliphatic heterocycles. The number of hydrogen-bond donors (Lipinski definition) is 1. The first kappa shape index (κ1) is 18.2. The summed E-state index contributed by atoms with van der Waals surface area (Å²) < 4.78 is 0. The number of hydrogen-bond acceptors (Lipinski definition) is 4. The highest BCUT2D eigenvalue weighted by molar-refractivity contribution is 5.79. The topological polar surface area (TPSA) is 47.0 Å². The summed E-state index contributed by atoms with van der Waals surface area (Å²) in [5.41, 5.74) is 3.33. The molecule has 5 nitrogen and oxygen atoms in total. The first-order chi connectivity index (χ1) is 11.9. The van der Waals surface area contributed by atoms with Gasteiger partial charge in [-0.05, 0) is 64.0 Å². The van der Waals surface area contributed by atoms with Crippen molar-refractivity contribution < 1.29 is 9.90 Å². The second-order valence-corrected chi connectivity index (χ2v) is 7.74. The summed E-state index contributed by atoms with van der Waals surface area (Å²) in [6.45, 7) is 10.4. The minimum absolute atomic E-state index is 0.174. The number of phenols is 1. The number of piperazine rings is 1. The number of piperidine rings is 1. The molecule has 0 radical (unpaired) electrons. The SMILES string of the molecule is Cc1cc(O)c(CN2CCC(C(=O)N3CCN(C)CC3)CC2)cc1C. The molecule has 3 rings (SSSR count). The molecule has 0 bridgehead atoms. The largest absolute Gasteiger partial charge is 0.508 e. The Morgan fingerprint density at radius 2 is 1.64 bits per heavy atom. The highest BCUT2D eigenvalue weighted by Crippen LogP contribution is 2.26. The number of phenolic OH excluding ortho intramolecular Hbond substituents is 1. The van der Waals surface area contributed by atoms with Crippen molar-refractivity contribution in [2.45, 2.75) is 33.2 Å². The van der Waals surface area contributed by atoms with E-state index in [0.717, 1.165) is 69.8 Å². The maximum atomic E-state index is 12.7. The lowest BCUT2D eigenvalue weighted by molar-refractivity contribution is -0.138. The second-order valence-electron chi connectivity index (χ2n) is 7.74. The Labute approximate surface area is 151 Å². The maximum absolute atomic E-state index is 12.7. The first-order valence-corrected chi connectivity index (χ1v) is 9.43. The smallest absolute Gasteiger partial charge is 0.225 e. The number of likely N-dealkylation sites (N-methyl/N-ethyl adjacent to an activating group) is 1. The lowest BCUT2D eigenvalue weighted by Crippen LogP contribution is -2.50. The van der Waals surface area contributed by atoms with Crippen LogP contribution in [0.5, 0.6) is 5.75 Å². The lowest BCUT2D eigenvalue weighted by atomic mass is 9.94. The average molecular weight is 345 g/mol. The molecule has 2 fully saturated rings. The van der Waals surface area contributed by atoms with Crippen LogP contribution in [0.3, 0.4) is 0 Å². The predicted molar refractivity (Wildman–Crippen MR) is 99.7 cm³/mol. The zero-order valence-electron chi connectivity index (χ0n) is 15.8. The third-order valence-electron chi connectivity index (χ3n) is 5.84. The van der Waals surface area contributed by atoms with E-state index < -0.39 is 0 Å². The van der Waals surface area contributed by atoms with E-state index >= 15 is 0 Å². The van der Waals surface area contributed by atoms with Crippen molar-refractivity contribution in [2.24, 2.45) is 5.92 Å². The quantitative estimate of drug-likeness (QED) is 0.910. The molecule has 2 saturated heterocycles. The predicted octanol–water partition coefficient (Wildman–Crippen LogP) is 2.00. The number of aromatic hydroxyl groups is 1. The molecule has 0 spiro atoms. The fourth-order valence-corrected chi connectivity index (χ4v) is 3.85. The Bertz CT molecular complexity index is 616. The zero-order chi connectivity index (χ0) is 18.0. The summed E-state index contributed by atoms with van der Waals surface area (Å²) in [6, 6.07) is 3.94. The van der Waals surface area contributed by atoms with Crippen molar-refractivity contribution in [1.29, 1.82) is 0 Å². The molecule has 0 aromatic heterocycles. The molecule has 0 unspecified atom stereocenters.